The van der Waals surface area contributed by atoms with Crippen LogP contribution >= 0.6 is 0 Å². The van der Waals surface area contributed by atoms with E-state index < -0.39 is 0 Å². The zero-order valence-electron chi connectivity index (χ0n) is 12.3. The minimum atomic E-state index is -0.211. The van der Waals surface area contributed by atoms with Crippen LogP contribution in [0.3, 0.4) is 0 Å². The Hall–Kier alpha value is -1.00. The highest BCUT2D eigenvalue weighted by Gasteiger charge is 2.58. The molecule has 0 saturated heterocycles. The fourth-order valence-electron chi connectivity index (χ4n) is 2.45. The molecule has 1 aromatic rings. The fourth-order valence-corrected chi connectivity index (χ4v) is 2.45. The maximum atomic E-state index is 5.63. The summed E-state index contributed by atoms with van der Waals surface area (Å²) in [6, 6.07) is 0. The van der Waals surface area contributed by atoms with E-state index in [4.69, 9.17) is 9.47 Å². The van der Waals surface area contributed by atoms with Gasteiger partial charge in [-0.05, 0) is 19.8 Å². The highest BCUT2D eigenvalue weighted by Crippen LogP contribution is 2.52. The fraction of sp³-hybridized carbons (Fsp3) is 0.733. The van der Waals surface area contributed by atoms with E-state index in [0.29, 0.717) is 11.8 Å². The molecule has 0 N–H and O–H groups in total. The van der Waals surface area contributed by atoms with Gasteiger partial charge in [0.1, 0.15) is 0 Å². The molecule has 1 heterocycles. The van der Waals surface area contributed by atoms with Crippen LogP contribution in [0.1, 0.15) is 45.5 Å². The molecule has 2 aliphatic rings. The van der Waals surface area contributed by atoms with E-state index in [1.807, 2.05) is 13.8 Å². The molecule has 0 aliphatic heterocycles. The first-order chi connectivity index (χ1) is 9.13. The zero-order valence-corrected chi connectivity index (χ0v) is 12.3. The average molecular weight is 264 g/mol. The molecule has 1 fully saturated rings. The van der Waals surface area contributed by atoms with Gasteiger partial charge in [-0.15, -0.1) is 0 Å². The Morgan fingerprint density at radius 3 is 2.00 bits per heavy atom. The highest BCUT2D eigenvalue weighted by atomic mass is 16.7. The van der Waals surface area contributed by atoms with Crippen molar-refractivity contribution in [2.45, 2.75) is 46.3 Å². The zero-order chi connectivity index (χ0) is 13.9. The lowest BCUT2D eigenvalue weighted by Gasteiger charge is -2.18. The van der Waals surface area contributed by atoms with Crippen molar-refractivity contribution in [3.05, 3.63) is 23.8 Å². The van der Waals surface area contributed by atoms with Crippen molar-refractivity contribution in [1.29, 1.82) is 0 Å². The molecule has 1 aromatic heterocycles. The smallest absolute Gasteiger partial charge is 0.171 e. The van der Waals surface area contributed by atoms with Gasteiger partial charge in [0.25, 0.3) is 0 Å². The van der Waals surface area contributed by atoms with Gasteiger partial charge in [0.05, 0.1) is 11.4 Å². The van der Waals surface area contributed by atoms with Gasteiger partial charge in [-0.3, -0.25) is 9.97 Å². The first-order valence-corrected chi connectivity index (χ1v) is 7.19. The minimum absolute atomic E-state index is 0.211. The van der Waals surface area contributed by atoms with Gasteiger partial charge < -0.3 is 9.47 Å². The lowest BCUT2D eigenvalue weighted by molar-refractivity contribution is -0.174. The Kier molecular flexibility index (Phi) is 4.53. The molecular weight excluding hydrogens is 240 g/mol. The monoisotopic (exact) mass is 264 g/mol. The number of ether oxygens (including phenoxy) is 2. The molecule has 1 saturated carbocycles. The van der Waals surface area contributed by atoms with Gasteiger partial charge in [-0.2, -0.15) is 0 Å². The summed E-state index contributed by atoms with van der Waals surface area (Å²) in [6.45, 7) is 10.0. The normalized spacial score (nSPS) is 21.4. The van der Waals surface area contributed by atoms with Crippen molar-refractivity contribution < 1.29 is 9.47 Å². The predicted octanol–water partition coefficient (Wildman–Crippen LogP) is 2.81. The van der Waals surface area contributed by atoms with Crippen LogP contribution in [0, 0.1) is 11.8 Å². The summed E-state index contributed by atoms with van der Waals surface area (Å²) in [7, 11) is 0. The molecule has 3 rings (SSSR count). The molecule has 0 amide bonds. The summed E-state index contributed by atoms with van der Waals surface area (Å²) in [5.41, 5.74) is 2.34. The number of aromatic nitrogens is 2. The SMILES string of the molecule is CCOC1(OCC)CC1C(C)C.c1cnc2c(n1)C2. The van der Waals surface area contributed by atoms with E-state index in [2.05, 4.69) is 23.8 Å². The van der Waals surface area contributed by atoms with Gasteiger partial charge in [0.2, 0.25) is 0 Å². The lowest BCUT2D eigenvalue weighted by atomic mass is 10.1. The first kappa shape index (κ1) is 14.4. The Morgan fingerprint density at radius 2 is 1.68 bits per heavy atom. The minimum Gasteiger partial charge on any atom is -0.350 e. The average Bonchev–Trinajstić information content (AvgIpc) is 3.24. The topological polar surface area (TPSA) is 44.2 Å². The molecule has 1 unspecified atom stereocenters. The summed E-state index contributed by atoms with van der Waals surface area (Å²) in [6.07, 6.45) is 5.55. The number of fused-ring (bicyclic) bond motifs is 1. The molecule has 4 nitrogen and oxygen atoms in total. The van der Waals surface area contributed by atoms with Crippen molar-refractivity contribution in [1.82, 2.24) is 9.97 Å². The van der Waals surface area contributed by atoms with Crippen molar-refractivity contribution in [3.8, 4) is 0 Å². The van der Waals surface area contributed by atoms with Crippen molar-refractivity contribution in [2.75, 3.05) is 13.2 Å². The molecule has 0 spiro atoms. The Bertz CT molecular complexity index is 393. The first-order valence-electron chi connectivity index (χ1n) is 7.19. The van der Waals surface area contributed by atoms with Crippen LogP contribution < -0.4 is 0 Å². The van der Waals surface area contributed by atoms with Crippen LogP contribution in [-0.4, -0.2) is 29.0 Å². The standard InChI is InChI=1S/C10H20O2.C5H4N2/c1-5-11-10(12-6-2)7-9(10)8(3)4;1-2-7-5-3-4(5)6-1/h8-9H,5-7H2,1-4H3;1-2H,3H2. The van der Waals surface area contributed by atoms with E-state index >= 15 is 0 Å². The molecule has 0 radical (unpaired) electrons. The van der Waals surface area contributed by atoms with Gasteiger partial charge in [-0.1, -0.05) is 13.8 Å². The van der Waals surface area contributed by atoms with Crippen LogP contribution in [0.2, 0.25) is 0 Å². The molecular formula is C15H24N2O2. The van der Waals surface area contributed by atoms with Crippen molar-refractivity contribution in [3.63, 3.8) is 0 Å². The number of nitrogens with zero attached hydrogens (tertiary/aromatic N) is 2. The second kappa shape index (κ2) is 5.97. The van der Waals surface area contributed by atoms with E-state index in [9.17, 15) is 0 Å². The maximum absolute atomic E-state index is 5.63. The predicted molar refractivity (Wildman–Crippen MR) is 73.8 cm³/mol. The summed E-state index contributed by atoms with van der Waals surface area (Å²) in [4.78, 5) is 8.02. The summed E-state index contributed by atoms with van der Waals surface area (Å²) in [5.74, 6) is 1.07. The number of hydrogen-bond donors (Lipinski definition) is 0. The lowest BCUT2D eigenvalue weighted by Crippen LogP contribution is -2.23. The van der Waals surface area contributed by atoms with Crippen LogP contribution in [0.5, 0.6) is 0 Å². The highest BCUT2D eigenvalue weighted by molar-refractivity contribution is 5.30. The Balaban J connectivity index is 0.000000159. The number of rotatable bonds is 5. The molecule has 2 aliphatic carbocycles. The van der Waals surface area contributed by atoms with E-state index in [-0.39, 0.29) is 5.79 Å². The summed E-state index contributed by atoms with van der Waals surface area (Å²) >= 11 is 0. The molecule has 4 heteroatoms. The molecule has 1 atom stereocenters. The molecule has 0 bridgehead atoms. The summed E-state index contributed by atoms with van der Waals surface area (Å²) < 4.78 is 11.3. The van der Waals surface area contributed by atoms with Crippen molar-refractivity contribution in [2.24, 2.45) is 11.8 Å². The molecule has 106 valence electrons. The molecule has 19 heavy (non-hydrogen) atoms. The van der Waals surface area contributed by atoms with E-state index in [0.717, 1.165) is 26.1 Å². The van der Waals surface area contributed by atoms with Gasteiger partial charge in [-0.25, -0.2) is 0 Å². The number of hydrogen-bond acceptors (Lipinski definition) is 4. The van der Waals surface area contributed by atoms with E-state index in [1.54, 1.807) is 12.4 Å². The summed E-state index contributed by atoms with van der Waals surface area (Å²) in [5, 5.41) is 0. The third-order valence-electron chi connectivity index (χ3n) is 3.56. The second-order valence-corrected chi connectivity index (χ2v) is 5.36. The van der Waals surface area contributed by atoms with Crippen molar-refractivity contribution >= 4 is 0 Å². The van der Waals surface area contributed by atoms with Gasteiger partial charge in [0.15, 0.2) is 5.79 Å². The maximum Gasteiger partial charge on any atom is 0.171 e. The van der Waals surface area contributed by atoms with Crippen LogP contribution in [0.15, 0.2) is 12.4 Å². The van der Waals surface area contributed by atoms with Gasteiger partial charge >= 0.3 is 0 Å². The largest absolute Gasteiger partial charge is 0.350 e. The van der Waals surface area contributed by atoms with Crippen LogP contribution in [0.25, 0.3) is 0 Å². The van der Waals surface area contributed by atoms with E-state index in [1.165, 1.54) is 11.4 Å². The van der Waals surface area contributed by atoms with Gasteiger partial charge in [0, 0.05) is 44.4 Å². The third-order valence-corrected chi connectivity index (χ3v) is 3.56. The Labute approximate surface area is 115 Å². The van der Waals surface area contributed by atoms with Crippen LogP contribution in [-0.2, 0) is 15.9 Å². The third kappa shape index (κ3) is 3.51. The Morgan fingerprint density at radius 1 is 1.16 bits per heavy atom. The quantitative estimate of drug-likeness (QED) is 0.779. The molecule has 0 aromatic carbocycles. The second-order valence-electron chi connectivity index (χ2n) is 5.36. The van der Waals surface area contributed by atoms with Crippen LogP contribution in [0.4, 0.5) is 0 Å².